The minimum absolute atomic E-state index is 0.217. The van der Waals surface area contributed by atoms with Crippen molar-refractivity contribution in [2.75, 3.05) is 11.4 Å². The number of hydrogen-bond acceptors (Lipinski definition) is 4. The van der Waals surface area contributed by atoms with Crippen molar-refractivity contribution in [1.82, 2.24) is 20.2 Å². The summed E-state index contributed by atoms with van der Waals surface area (Å²) in [6, 6.07) is 1.28. The topological polar surface area (TPSA) is 94.7 Å². The van der Waals surface area contributed by atoms with Crippen molar-refractivity contribution >= 4 is 11.6 Å². The Morgan fingerprint density at radius 3 is 3.05 bits per heavy atom. The quantitative estimate of drug-likeness (QED) is 0.859. The normalized spacial score (nSPS) is 17.6. The van der Waals surface area contributed by atoms with Crippen LogP contribution < -0.4 is 10.5 Å². The maximum Gasteiger partial charge on any atom is 0.277 e. The van der Waals surface area contributed by atoms with Crippen LogP contribution in [0.25, 0.3) is 0 Å². The molecule has 1 saturated carbocycles. The highest BCUT2D eigenvalue weighted by molar-refractivity contribution is 6.05. The van der Waals surface area contributed by atoms with Crippen LogP contribution >= 0.6 is 0 Å². The van der Waals surface area contributed by atoms with Crippen LogP contribution in [0.15, 0.2) is 17.1 Å². The Bertz CT molecular complexity index is 759. The molecule has 1 aliphatic carbocycles. The largest absolute Gasteiger partial charge is 0.310 e. The summed E-state index contributed by atoms with van der Waals surface area (Å²) >= 11 is 0. The van der Waals surface area contributed by atoms with E-state index in [-0.39, 0.29) is 17.2 Å². The lowest BCUT2D eigenvalue weighted by Crippen LogP contribution is -2.36. The number of aromatic amines is 2. The third kappa shape index (κ3) is 2.14. The van der Waals surface area contributed by atoms with E-state index in [1.165, 1.54) is 6.07 Å². The second-order valence-corrected chi connectivity index (χ2v) is 5.58. The zero-order chi connectivity index (χ0) is 14.4. The van der Waals surface area contributed by atoms with Crippen LogP contribution in [0.2, 0.25) is 0 Å². The predicted octanol–water partition coefficient (Wildman–Crippen LogP) is 0.963. The standard InChI is InChI=1S/C14H15N5O2/c20-12-6-10(16-13(17-12)8-3-4-8)14(21)19-5-1-2-9-11(19)7-15-18-9/h6-8H,1-5H2,(H,15,18)(H,16,17,20). The first kappa shape index (κ1) is 12.3. The zero-order valence-corrected chi connectivity index (χ0v) is 11.4. The summed E-state index contributed by atoms with van der Waals surface area (Å²) in [6.45, 7) is 0.624. The van der Waals surface area contributed by atoms with Gasteiger partial charge in [-0.05, 0) is 25.7 Å². The van der Waals surface area contributed by atoms with Gasteiger partial charge in [-0.25, -0.2) is 4.98 Å². The fourth-order valence-corrected chi connectivity index (χ4v) is 2.74. The molecular formula is C14H15N5O2. The van der Waals surface area contributed by atoms with Gasteiger partial charge >= 0.3 is 0 Å². The second kappa shape index (κ2) is 4.54. The Hall–Kier alpha value is -2.44. The molecular weight excluding hydrogens is 270 g/mol. The second-order valence-electron chi connectivity index (χ2n) is 5.58. The van der Waals surface area contributed by atoms with E-state index in [1.807, 2.05) is 0 Å². The summed E-state index contributed by atoms with van der Waals surface area (Å²) in [6.07, 6.45) is 5.46. The summed E-state index contributed by atoms with van der Waals surface area (Å²) in [4.78, 5) is 33.1. The summed E-state index contributed by atoms with van der Waals surface area (Å²) in [7, 11) is 0. The van der Waals surface area contributed by atoms with Crippen LogP contribution in [-0.4, -0.2) is 32.6 Å². The molecule has 3 heterocycles. The van der Waals surface area contributed by atoms with Gasteiger partial charge in [-0.2, -0.15) is 5.10 Å². The molecule has 7 nitrogen and oxygen atoms in total. The van der Waals surface area contributed by atoms with Crippen molar-refractivity contribution in [2.24, 2.45) is 0 Å². The summed E-state index contributed by atoms with van der Waals surface area (Å²) in [5, 5.41) is 6.91. The smallest absolute Gasteiger partial charge is 0.277 e. The van der Waals surface area contributed by atoms with Gasteiger partial charge in [0.15, 0.2) is 0 Å². The first-order valence-electron chi connectivity index (χ1n) is 7.18. The van der Waals surface area contributed by atoms with Crippen LogP contribution in [0, 0.1) is 0 Å². The number of H-pyrrole nitrogens is 2. The predicted molar refractivity (Wildman–Crippen MR) is 75.4 cm³/mol. The van der Waals surface area contributed by atoms with Gasteiger partial charge in [-0.15, -0.1) is 0 Å². The van der Waals surface area contributed by atoms with Crippen molar-refractivity contribution in [3.8, 4) is 0 Å². The third-order valence-electron chi connectivity index (χ3n) is 3.98. The van der Waals surface area contributed by atoms with Crippen molar-refractivity contribution < 1.29 is 4.79 Å². The summed E-state index contributed by atoms with van der Waals surface area (Å²) < 4.78 is 0. The molecule has 0 unspecified atom stereocenters. The third-order valence-corrected chi connectivity index (χ3v) is 3.98. The van der Waals surface area contributed by atoms with Gasteiger partial charge in [0.05, 0.1) is 17.6 Å². The molecule has 0 atom stereocenters. The van der Waals surface area contributed by atoms with Gasteiger partial charge < -0.3 is 9.88 Å². The lowest BCUT2D eigenvalue weighted by Gasteiger charge is -2.25. The summed E-state index contributed by atoms with van der Waals surface area (Å²) in [5.74, 6) is 0.705. The van der Waals surface area contributed by atoms with Gasteiger partial charge in [0.2, 0.25) is 0 Å². The number of aromatic nitrogens is 4. The molecule has 21 heavy (non-hydrogen) atoms. The van der Waals surface area contributed by atoms with E-state index in [0.29, 0.717) is 18.3 Å². The number of carbonyl (C=O) groups excluding carboxylic acids is 1. The van der Waals surface area contributed by atoms with E-state index >= 15 is 0 Å². The first-order valence-corrected chi connectivity index (χ1v) is 7.18. The lowest BCUT2D eigenvalue weighted by molar-refractivity contribution is 0.0979. The number of hydrogen-bond donors (Lipinski definition) is 2. The molecule has 108 valence electrons. The van der Waals surface area contributed by atoms with Gasteiger partial charge in [-0.1, -0.05) is 0 Å². The monoisotopic (exact) mass is 285 g/mol. The van der Waals surface area contributed by atoms with Crippen LogP contribution in [-0.2, 0) is 6.42 Å². The fraction of sp³-hybridized carbons (Fsp3) is 0.429. The molecule has 1 fully saturated rings. The molecule has 1 aliphatic heterocycles. The van der Waals surface area contributed by atoms with Crippen molar-refractivity contribution in [3.63, 3.8) is 0 Å². The molecule has 0 radical (unpaired) electrons. The van der Waals surface area contributed by atoms with Gasteiger partial charge in [0.1, 0.15) is 11.5 Å². The number of carbonyl (C=O) groups is 1. The van der Waals surface area contributed by atoms with Crippen LogP contribution in [0.4, 0.5) is 5.69 Å². The highest BCUT2D eigenvalue weighted by atomic mass is 16.2. The Morgan fingerprint density at radius 2 is 2.24 bits per heavy atom. The zero-order valence-electron chi connectivity index (χ0n) is 11.4. The van der Waals surface area contributed by atoms with Gasteiger partial charge in [-0.3, -0.25) is 14.7 Å². The molecule has 2 aromatic rings. The van der Waals surface area contributed by atoms with Crippen molar-refractivity contribution in [1.29, 1.82) is 0 Å². The first-order chi connectivity index (χ1) is 10.2. The minimum Gasteiger partial charge on any atom is -0.310 e. The molecule has 0 saturated heterocycles. The van der Waals surface area contributed by atoms with E-state index < -0.39 is 0 Å². The number of anilines is 1. The van der Waals surface area contributed by atoms with Gasteiger partial charge in [0, 0.05) is 18.5 Å². The van der Waals surface area contributed by atoms with Gasteiger partial charge in [0.25, 0.3) is 11.5 Å². The number of fused-ring (bicyclic) bond motifs is 1. The highest BCUT2D eigenvalue weighted by Crippen LogP contribution is 2.37. The van der Waals surface area contributed by atoms with E-state index in [0.717, 1.165) is 37.1 Å². The number of rotatable bonds is 2. The number of nitrogens with one attached hydrogen (secondary N) is 2. The maximum atomic E-state index is 12.7. The van der Waals surface area contributed by atoms with Crippen molar-refractivity contribution in [2.45, 2.75) is 31.6 Å². The number of nitrogens with zero attached hydrogens (tertiary/aromatic N) is 3. The van der Waals surface area contributed by atoms with Crippen LogP contribution in [0.5, 0.6) is 0 Å². The lowest BCUT2D eigenvalue weighted by atomic mass is 10.1. The van der Waals surface area contributed by atoms with E-state index in [9.17, 15) is 9.59 Å². The molecule has 4 rings (SSSR count). The van der Waals surface area contributed by atoms with E-state index in [2.05, 4.69) is 20.2 Å². The Kier molecular flexibility index (Phi) is 2.66. The minimum atomic E-state index is -0.264. The SMILES string of the molecule is O=C(c1cc(=O)[nH]c(C2CC2)n1)N1CCCc2[nH]ncc21. The van der Waals surface area contributed by atoms with Crippen LogP contribution in [0.3, 0.4) is 0 Å². The molecule has 2 aliphatic rings. The average Bonchev–Trinajstić information content (AvgIpc) is 3.23. The number of aryl methyl sites for hydroxylation is 1. The maximum absolute atomic E-state index is 12.7. The van der Waals surface area contributed by atoms with E-state index in [1.54, 1.807) is 11.1 Å². The molecule has 2 N–H and O–H groups in total. The van der Waals surface area contributed by atoms with Crippen molar-refractivity contribution in [3.05, 3.63) is 39.8 Å². The Labute approximate surface area is 120 Å². The van der Waals surface area contributed by atoms with E-state index in [4.69, 9.17) is 0 Å². The fourth-order valence-electron chi connectivity index (χ4n) is 2.74. The van der Waals surface area contributed by atoms with Crippen LogP contribution in [0.1, 0.15) is 47.2 Å². The summed E-state index contributed by atoms with van der Waals surface area (Å²) in [5.41, 5.74) is 1.71. The molecule has 7 heteroatoms. The number of amides is 1. The molecule has 0 aromatic carbocycles. The Balaban J connectivity index is 1.71. The molecule has 2 aromatic heterocycles. The Morgan fingerprint density at radius 1 is 1.38 bits per heavy atom. The molecule has 0 spiro atoms. The molecule has 1 amide bonds. The molecule has 0 bridgehead atoms. The highest BCUT2D eigenvalue weighted by Gasteiger charge is 2.30. The average molecular weight is 285 g/mol.